The van der Waals surface area contributed by atoms with Gasteiger partial charge in [-0.3, -0.25) is 0 Å². The molecule has 5 nitrogen and oxygen atoms in total. The van der Waals surface area contributed by atoms with Gasteiger partial charge in [0.25, 0.3) is 0 Å². The summed E-state index contributed by atoms with van der Waals surface area (Å²) in [6, 6.07) is 16.2. The van der Waals surface area contributed by atoms with Crippen molar-refractivity contribution in [3.63, 3.8) is 0 Å². The Morgan fingerprint density at radius 3 is 1.96 bits per heavy atom. The molecule has 140 valence electrons. The highest BCUT2D eigenvalue weighted by atomic mass is 32.1. The summed E-state index contributed by atoms with van der Waals surface area (Å²) >= 11 is 1.72. The average Bonchev–Trinajstić information content (AvgIpc) is 3.20. The summed E-state index contributed by atoms with van der Waals surface area (Å²) in [5, 5.41) is 1.04. The Labute approximate surface area is 163 Å². The van der Waals surface area contributed by atoms with E-state index in [1.54, 1.807) is 25.6 Å². The van der Waals surface area contributed by atoms with Crippen LogP contribution < -0.4 is 14.4 Å². The van der Waals surface area contributed by atoms with Gasteiger partial charge in [0.05, 0.1) is 38.0 Å². The third-order valence-corrected chi connectivity index (χ3v) is 5.78. The normalized spacial score (nSPS) is 14.2. The van der Waals surface area contributed by atoms with E-state index in [2.05, 4.69) is 29.2 Å². The lowest BCUT2D eigenvalue weighted by atomic mass is 10.1. The van der Waals surface area contributed by atoms with Crippen LogP contribution in [-0.4, -0.2) is 45.5 Å². The number of nitrogens with zero attached hydrogens (tertiary/aromatic N) is 2. The summed E-state index contributed by atoms with van der Waals surface area (Å²) in [5.41, 5.74) is 3.21. The van der Waals surface area contributed by atoms with Crippen LogP contribution >= 0.6 is 11.3 Å². The largest absolute Gasteiger partial charge is 0.497 e. The highest BCUT2D eigenvalue weighted by Gasteiger charge is 2.20. The molecule has 1 aromatic heterocycles. The molecule has 0 atom stereocenters. The van der Waals surface area contributed by atoms with Crippen molar-refractivity contribution in [1.29, 1.82) is 0 Å². The topological polar surface area (TPSA) is 43.8 Å². The number of morpholine rings is 1. The average molecular weight is 382 g/mol. The minimum Gasteiger partial charge on any atom is -0.497 e. The van der Waals surface area contributed by atoms with Crippen molar-refractivity contribution >= 4 is 16.5 Å². The predicted octanol–water partition coefficient (Wildman–Crippen LogP) is 4.33. The van der Waals surface area contributed by atoms with Crippen LogP contribution in [0.1, 0.15) is 0 Å². The molecule has 0 aliphatic carbocycles. The van der Waals surface area contributed by atoms with E-state index in [0.717, 1.165) is 64.6 Å². The molecule has 0 unspecified atom stereocenters. The smallest absolute Gasteiger partial charge is 0.186 e. The number of thiazole rings is 1. The van der Waals surface area contributed by atoms with E-state index >= 15 is 0 Å². The van der Waals surface area contributed by atoms with Gasteiger partial charge in [-0.1, -0.05) is 11.3 Å². The first-order valence-corrected chi connectivity index (χ1v) is 9.72. The lowest BCUT2D eigenvalue weighted by molar-refractivity contribution is 0.122. The minimum atomic E-state index is 0.745. The number of hydrogen-bond acceptors (Lipinski definition) is 6. The van der Waals surface area contributed by atoms with Crippen LogP contribution in [0.3, 0.4) is 0 Å². The van der Waals surface area contributed by atoms with E-state index in [-0.39, 0.29) is 0 Å². The second kappa shape index (κ2) is 7.98. The van der Waals surface area contributed by atoms with Crippen molar-refractivity contribution < 1.29 is 14.2 Å². The lowest BCUT2D eigenvalue weighted by Gasteiger charge is -2.26. The first-order chi connectivity index (χ1) is 13.3. The van der Waals surface area contributed by atoms with Crippen molar-refractivity contribution in [2.75, 3.05) is 45.4 Å². The number of methoxy groups -OCH3 is 2. The van der Waals surface area contributed by atoms with Crippen molar-refractivity contribution in [3.8, 4) is 33.2 Å². The number of benzene rings is 2. The molecule has 0 radical (unpaired) electrons. The van der Waals surface area contributed by atoms with E-state index < -0.39 is 0 Å². The first kappa shape index (κ1) is 17.8. The van der Waals surface area contributed by atoms with Gasteiger partial charge in [0.2, 0.25) is 0 Å². The highest BCUT2D eigenvalue weighted by molar-refractivity contribution is 7.19. The minimum absolute atomic E-state index is 0.745. The monoisotopic (exact) mass is 382 g/mol. The molecule has 27 heavy (non-hydrogen) atoms. The second-order valence-electron chi connectivity index (χ2n) is 6.23. The fourth-order valence-electron chi connectivity index (χ4n) is 3.08. The molecule has 3 aromatic rings. The van der Waals surface area contributed by atoms with Gasteiger partial charge in [-0.15, -0.1) is 0 Å². The molecule has 0 N–H and O–H groups in total. The molecule has 1 saturated heterocycles. The number of hydrogen-bond donors (Lipinski definition) is 0. The quantitative estimate of drug-likeness (QED) is 0.657. The summed E-state index contributed by atoms with van der Waals surface area (Å²) in [6.45, 7) is 3.24. The Kier molecular flexibility index (Phi) is 5.27. The van der Waals surface area contributed by atoms with Crippen LogP contribution in [0.5, 0.6) is 11.5 Å². The lowest BCUT2D eigenvalue weighted by Crippen LogP contribution is -2.36. The summed E-state index contributed by atoms with van der Waals surface area (Å²) in [4.78, 5) is 8.45. The summed E-state index contributed by atoms with van der Waals surface area (Å²) in [7, 11) is 3.36. The van der Waals surface area contributed by atoms with Gasteiger partial charge in [-0.2, -0.15) is 0 Å². The van der Waals surface area contributed by atoms with Gasteiger partial charge < -0.3 is 19.1 Å². The van der Waals surface area contributed by atoms with Gasteiger partial charge in [0.1, 0.15) is 11.5 Å². The van der Waals surface area contributed by atoms with Crippen LogP contribution in [0.15, 0.2) is 48.5 Å². The van der Waals surface area contributed by atoms with E-state index in [0.29, 0.717) is 0 Å². The standard InChI is InChI=1S/C21H22N2O3S/c1-24-17-7-3-15(4-8-17)19-20(16-5-9-18(25-2)10-6-16)27-21(22-19)23-11-13-26-14-12-23/h3-10H,11-14H2,1-2H3. The fraction of sp³-hybridized carbons (Fsp3) is 0.286. The zero-order chi connectivity index (χ0) is 18.6. The molecule has 4 rings (SSSR count). The Morgan fingerprint density at radius 1 is 0.852 bits per heavy atom. The van der Waals surface area contributed by atoms with Crippen LogP contribution in [-0.2, 0) is 4.74 Å². The number of rotatable bonds is 5. The fourth-order valence-corrected chi connectivity index (χ4v) is 4.23. The van der Waals surface area contributed by atoms with E-state index in [1.165, 1.54) is 0 Å². The Morgan fingerprint density at radius 2 is 1.41 bits per heavy atom. The van der Waals surface area contributed by atoms with E-state index in [1.807, 2.05) is 24.3 Å². The van der Waals surface area contributed by atoms with Gasteiger partial charge in [0.15, 0.2) is 5.13 Å². The Balaban J connectivity index is 1.77. The van der Waals surface area contributed by atoms with E-state index in [4.69, 9.17) is 19.2 Å². The molecule has 2 aromatic carbocycles. The molecule has 1 aliphatic heterocycles. The van der Waals surface area contributed by atoms with Gasteiger partial charge in [-0.05, 0) is 54.1 Å². The summed E-state index contributed by atoms with van der Waals surface area (Å²) < 4.78 is 16.1. The molecule has 0 amide bonds. The van der Waals surface area contributed by atoms with Gasteiger partial charge in [-0.25, -0.2) is 4.98 Å². The zero-order valence-electron chi connectivity index (χ0n) is 15.5. The van der Waals surface area contributed by atoms with E-state index in [9.17, 15) is 0 Å². The van der Waals surface area contributed by atoms with Crippen LogP contribution in [0.25, 0.3) is 21.7 Å². The maximum Gasteiger partial charge on any atom is 0.186 e. The number of aromatic nitrogens is 1. The molecule has 0 spiro atoms. The van der Waals surface area contributed by atoms with Crippen molar-refractivity contribution in [2.45, 2.75) is 0 Å². The maximum atomic E-state index is 5.49. The molecule has 1 fully saturated rings. The van der Waals surface area contributed by atoms with Gasteiger partial charge in [0, 0.05) is 18.7 Å². The molecule has 1 aliphatic rings. The third kappa shape index (κ3) is 3.77. The molecular weight excluding hydrogens is 360 g/mol. The van der Waals surface area contributed by atoms with Gasteiger partial charge >= 0.3 is 0 Å². The second-order valence-corrected chi connectivity index (χ2v) is 7.21. The SMILES string of the molecule is COc1ccc(-c2nc(N3CCOCC3)sc2-c2ccc(OC)cc2)cc1. The maximum absolute atomic E-state index is 5.49. The van der Waals surface area contributed by atoms with Crippen molar-refractivity contribution in [2.24, 2.45) is 0 Å². The number of anilines is 1. The summed E-state index contributed by atoms with van der Waals surface area (Å²) in [5.74, 6) is 1.69. The Bertz CT molecular complexity index is 820. The zero-order valence-corrected chi connectivity index (χ0v) is 16.3. The first-order valence-electron chi connectivity index (χ1n) is 8.91. The van der Waals surface area contributed by atoms with Crippen LogP contribution in [0, 0.1) is 0 Å². The Hall–Kier alpha value is -2.57. The predicted molar refractivity (Wildman–Crippen MR) is 109 cm³/mol. The molecule has 6 heteroatoms. The highest BCUT2D eigenvalue weighted by Crippen LogP contribution is 2.41. The van der Waals surface area contributed by atoms with Crippen molar-refractivity contribution in [3.05, 3.63) is 48.5 Å². The number of ether oxygens (including phenoxy) is 3. The van der Waals surface area contributed by atoms with Crippen LogP contribution in [0.4, 0.5) is 5.13 Å². The molecule has 2 heterocycles. The molecule has 0 saturated carbocycles. The molecular formula is C21H22N2O3S. The summed E-state index contributed by atoms with van der Waals surface area (Å²) in [6.07, 6.45) is 0. The van der Waals surface area contributed by atoms with Crippen molar-refractivity contribution in [1.82, 2.24) is 4.98 Å². The van der Waals surface area contributed by atoms with Crippen LogP contribution in [0.2, 0.25) is 0 Å². The third-order valence-electron chi connectivity index (χ3n) is 4.61. The molecule has 0 bridgehead atoms.